The molecule has 2 heterocycles. The summed E-state index contributed by atoms with van der Waals surface area (Å²) < 4.78 is 12.0. The summed E-state index contributed by atoms with van der Waals surface area (Å²) in [6, 6.07) is 7.80. The van der Waals surface area contributed by atoms with Crippen molar-refractivity contribution in [1.29, 1.82) is 0 Å². The predicted molar refractivity (Wildman–Crippen MR) is 137 cm³/mol. The number of aromatic nitrogens is 2. The summed E-state index contributed by atoms with van der Waals surface area (Å²) in [7, 11) is 0. The molecule has 1 aliphatic heterocycles. The van der Waals surface area contributed by atoms with Crippen molar-refractivity contribution in [3.05, 3.63) is 48.8 Å². The van der Waals surface area contributed by atoms with Crippen molar-refractivity contribution in [1.82, 2.24) is 9.97 Å². The van der Waals surface area contributed by atoms with Gasteiger partial charge in [0.2, 0.25) is 5.91 Å². The van der Waals surface area contributed by atoms with Crippen LogP contribution in [0.15, 0.2) is 48.8 Å². The summed E-state index contributed by atoms with van der Waals surface area (Å²) in [6.07, 6.45) is 16.8. The Kier molecular flexibility index (Phi) is 7.21. The predicted octanol–water partition coefficient (Wildman–Crippen LogP) is 5.39. The van der Waals surface area contributed by atoms with Crippen molar-refractivity contribution in [2.45, 2.75) is 64.4 Å². The Morgan fingerprint density at radius 2 is 1.91 bits per heavy atom. The minimum Gasteiger partial charge on any atom is -0.490 e. The SMILES string of the molecule is CCOc1ccccc1O[C@@H]1CCCN(c2cncc(NC(=O)/C=C/C34CCC(CC3)CC4)n2)C1. The quantitative estimate of drug-likeness (QED) is 0.515. The summed E-state index contributed by atoms with van der Waals surface area (Å²) in [6.45, 7) is 4.15. The Morgan fingerprint density at radius 3 is 2.69 bits per heavy atom. The van der Waals surface area contributed by atoms with Crippen LogP contribution in [0, 0.1) is 11.3 Å². The smallest absolute Gasteiger partial charge is 0.249 e. The molecule has 1 aromatic carbocycles. The van der Waals surface area contributed by atoms with Gasteiger partial charge in [0, 0.05) is 6.54 Å². The lowest BCUT2D eigenvalue weighted by atomic mass is 9.61. The van der Waals surface area contributed by atoms with Crippen LogP contribution in [0.5, 0.6) is 11.5 Å². The number of nitrogens with zero attached hydrogens (tertiary/aromatic N) is 3. The number of hydrogen-bond acceptors (Lipinski definition) is 6. The van der Waals surface area contributed by atoms with Crippen LogP contribution in [0.3, 0.4) is 0 Å². The molecule has 0 unspecified atom stereocenters. The molecule has 7 nitrogen and oxygen atoms in total. The Hall–Kier alpha value is -3.09. The third kappa shape index (κ3) is 5.77. The molecular formula is C28H36N4O3. The van der Waals surface area contributed by atoms with Gasteiger partial charge in [-0.15, -0.1) is 0 Å². The van der Waals surface area contributed by atoms with Gasteiger partial charge in [0.05, 0.1) is 25.5 Å². The van der Waals surface area contributed by atoms with Gasteiger partial charge in [-0.2, -0.15) is 0 Å². The van der Waals surface area contributed by atoms with Gasteiger partial charge in [-0.3, -0.25) is 9.78 Å². The van der Waals surface area contributed by atoms with Crippen LogP contribution >= 0.6 is 0 Å². The molecule has 1 atom stereocenters. The first-order chi connectivity index (χ1) is 17.1. The molecule has 1 aromatic heterocycles. The molecule has 0 radical (unpaired) electrons. The minimum atomic E-state index is -0.133. The second-order valence-electron chi connectivity index (χ2n) is 10.1. The molecule has 3 saturated carbocycles. The molecule has 186 valence electrons. The molecule has 6 rings (SSSR count). The zero-order valence-corrected chi connectivity index (χ0v) is 20.6. The maximum absolute atomic E-state index is 12.6. The average Bonchev–Trinajstić information content (AvgIpc) is 2.90. The van der Waals surface area contributed by atoms with Gasteiger partial charge in [0.25, 0.3) is 0 Å². The molecule has 3 aliphatic carbocycles. The van der Waals surface area contributed by atoms with Crippen molar-refractivity contribution < 1.29 is 14.3 Å². The van der Waals surface area contributed by atoms with Crippen LogP contribution < -0.4 is 19.7 Å². The molecule has 0 spiro atoms. The molecule has 4 fully saturated rings. The Morgan fingerprint density at radius 1 is 1.14 bits per heavy atom. The molecule has 1 saturated heterocycles. The monoisotopic (exact) mass is 476 g/mol. The van der Waals surface area contributed by atoms with Crippen LogP contribution in [-0.2, 0) is 4.79 Å². The Balaban J connectivity index is 1.20. The number of allylic oxidation sites excluding steroid dienone is 1. The number of ether oxygens (including phenoxy) is 2. The zero-order valence-electron chi connectivity index (χ0n) is 20.6. The van der Waals surface area contributed by atoms with Gasteiger partial charge in [0.15, 0.2) is 17.3 Å². The number of carbonyl (C=O) groups excluding carboxylic acids is 1. The number of carbonyl (C=O) groups is 1. The molecule has 35 heavy (non-hydrogen) atoms. The van der Waals surface area contributed by atoms with Crippen molar-refractivity contribution in [3.63, 3.8) is 0 Å². The lowest BCUT2D eigenvalue weighted by Gasteiger charge is -2.44. The molecule has 1 N–H and O–H groups in total. The molecule has 4 aliphatic rings. The third-order valence-corrected chi connectivity index (χ3v) is 7.76. The van der Waals surface area contributed by atoms with Gasteiger partial charge < -0.3 is 19.7 Å². The van der Waals surface area contributed by atoms with Crippen molar-refractivity contribution in [2.24, 2.45) is 11.3 Å². The van der Waals surface area contributed by atoms with E-state index in [-0.39, 0.29) is 17.4 Å². The van der Waals surface area contributed by atoms with E-state index < -0.39 is 0 Å². The number of nitrogens with one attached hydrogen (secondary N) is 1. The maximum Gasteiger partial charge on any atom is 0.249 e. The Labute approximate surface area is 207 Å². The van der Waals surface area contributed by atoms with Crippen LogP contribution in [-0.4, -0.2) is 41.7 Å². The maximum atomic E-state index is 12.6. The number of rotatable bonds is 8. The number of amides is 1. The highest BCUT2D eigenvalue weighted by atomic mass is 16.5. The number of benzene rings is 1. The fraction of sp³-hybridized carbons (Fsp3) is 0.536. The molecule has 2 bridgehead atoms. The summed E-state index contributed by atoms with van der Waals surface area (Å²) in [5.41, 5.74) is 0.225. The number of fused-ring (bicyclic) bond motifs is 3. The van der Waals surface area contributed by atoms with E-state index >= 15 is 0 Å². The fourth-order valence-corrected chi connectivity index (χ4v) is 5.77. The number of hydrogen-bond donors (Lipinski definition) is 1. The van der Waals surface area contributed by atoms with Crippen LogP contribution in [0.4, 0.5) is 11.6 Å². The van der Waals surface area contributed by atoms with Gasteiger partial charge >= 0.3 is 0 Å². The van der Waals surface area contributed by atoms with Crippen LogP contribution in [0.1, 0.15) is 58.3 Å². The van der Waals surface area contributed by atoms with Gasteiger partial charge in [0.1, 0.15) is 11.9 Å². The Bertz CT molecular complexity index is 1030. The van der Waals surface area contributed by atoms with Crippen LogP contribution in [0.25, 0.3) is 0 Å². The second-order valence-corrected chi connectivity index (χ2v) is 10.1. The number of para-hydroxylation sites is 2. The van der Waals surface area contributed by atoms with Crippen LogP contribution in [0.2, 0.25) is 0 Å². The zero-order chi connectivity index (χ0) is 24.1. The fourth-order valence-electron chi connectivity index (χ4n) is 5.77. The van der Waals surface area contributed by atoms with Gasteiger partial charge in [-0.25, -0.2) is 4.98 Å². The van der Waals surface area contributed by atoms with E-state index in [0.717, 1.165) is 42.6 Å². The number of anilines is 2. The van der Waals surface area contributed by atoms with Crippen molar-refractivity contribution in [2.75, 3.05) is 29.9 Å². The normalized spacial score (nSPS) is 26.0. The van der Waals surface area contributed by atoms with Gasteiger partial charge in [-0.05, 0) is 87.8 Å². The highest BCUT2D eigenvalue weighted by Gasteiger charge is 2.38. The highest BCUT2D eigenvalue weighted by molar-refractivity contribution is 5.98. The van der Waals surface area contributed by atoms with E-state index in [9.17, 15) is 4.79 Å². The van der Waals surface area contributed by atoms with Crippen molar-refractivity contribution in [3.8, 4) is 11.5 Å². The first kappa shape index (κ1) is 23.6. The largest absolute Gasteiger partial charge is 0.490 e. The lowest BCUT2D eigenvalue weighted by Crippen LogP contribution is -2.41. The van der Waals surface area contributed by atoms with E-state index in [1.165, 1.54) is 38.5 Å². The summed E-state index contributed by atoms with van der Waals surface area (Å²) in [4.78, 5) is 23.8. The van der Waals surface area contributed by atoms with E-state index in [2.05, 4.69) is 26.3 Å². The second kappa shape index (κ2) is 10.7. The topological polar surface area (TPSA) is 76.6 Å². The van der Waals surface area contributed by atoms with Gasteiger partial charge in [-0.1, -0.05) is 18.2 Å². The van der Waals surface area contributed by atoms with Crippen molar-refractivity contribution >= 4 is 17.5 Å². The average molecular weight is 477 g/mol. The summed E-state index contributed by atoms with van der Waals surface area (Å²) in [5.74, 6) is 3.55. The molecular weight excluding hydrogens is 440 g/mol. The van der Waals surface area contributed by atoms with E-state index in [4.69, 9.17) is 9.47 Å². The lowest BCUT2D eigenvalue weighted by molar-refractivity contribution is -0.112. The molecule has 2 aromatic rings. The van der Waals surface area contributed by atoms with E-state index in [1.807, 2.05) is 31.2 Å². The first-order valence-electron chi connectivity index (χ1n) is 13.1. The first-order valence-corrected chi connectivity index (χ1v) is 13.1. The van der Waals surface area contributed by atoms with E-state index in [1.54, 1.807) is 18.5 Å². The standard InChI is InChI=1S/C28H36N4O3/c1-2-34-23-7-3-4-8-24(23)35-22-6-5-17-32(20-22)26-19-29-18-25(30-26)31-27(33)12-16-28-13-9-21(10-14-28)11-15-28/h3-4,7-8,12,16,18-19,21-22H,2,5-6,9-11,13-15,17,20H2,1H3,(H,30,31,33)/b16-12+/t21?,22-,28?/m1/s1. The minimum absolute atomic E-state index is 0.0261. The third-order valence-electron chi connectivity index (χ3n) is 7.76. The summed E-state index contributed by atoms with van der Waals surface area (Å²) >= 11 is 0. The summed E-state index contributed by atoms with van der Waals surface area (Å²) in [5, 5.41) is 2.91. The molecule has 7 heteroatoms. The van der Waals surface area contributed by atoms with E-state index in [0.29, 0.717) is 19.0 Å². The molecule has 1 amide bonds. The highest BCUT2D eigenvalue weighted by Crippen LogP contribution is 2.51. The number of piperidine rings is 1.